The molecule has 2 unspecified atom stereocenters. The molecule has 3 nitrogen and oxygen atoms in total. The average molecular weight is 213 g/mol. The van der Waals surface area contributed by atoms with Crippen LogP contribution < -0.4 is 5.73 Å². The number of hydrogen-bond acceptors (Lipinski definition) is 3. The van der Waals surface area contributed by atoms with Gasteiger partial charge in [-0.05, 0) is 32.9 Å². The van der Waals surface area contributed by atoms with Crippen LogP contribution in [-0.2, 0) is 0 Å². The third-order valence-corrected chi connectivity index (χ3v) is 3.63. The summed E-state index contributed by atoms with van der Waals surface area (Å²) in [5.41, 5.74) is 5.86. The summed E-state index contributed by atoms with van der Waals surface area (Å²) in [6.45, 7) is 9.00. The Hall–Kier alpha value is -0.120. The lowest BCUT2D eigenvalue weighted by Crippen LogP contribution is -2.48. The summed E-state index contributed by atoms with van der Waals surface area (Å²) < 4.78 is 0. The number of rotatable bonds is 4. The molecule has 2 N–H and O–H groups in total. The van der Waals surface area contributed by atoms with E-state index in [1.54, 1.807) is 0 Å². The van der Waals surface area contributed by atoms with Crippen LogP contribution in [0.5, 0.6) is 0 Å². The van der Waals surface area contributed by atoms with E-state index in [1.807, 2.05) is 0 Å². The van der Waals surface area contributed by atoms with Crippen molar-refractivity contribution < 1.29 is 0 Å². The molecule has 1 rings (SSSR count). The Morgan fingerprint density at radius 1 is 1.33 bits per heavy atom. The fourth-order valence-corrected chi connectivity index (χ4v) is 2.64. The summed E-state index contributed by atoms with van der Waals surface area (Å²) in [7, 11) is 2.23. The van der Waals surface area contributed by atoms with Crippen LogP contribution in [0.2, 0.25) is 0 Å². The van der Waals surface area contributed by atoms with Gasteiger partial charge in [0.25, 0.3) is 0 Å². The first-order valence-electron chi connectivity index (χ1n) is 6.37. The molecule has 1 fully saturated rings. The zero-order valence-corrected chi connectivity index (χ0v) is 10.6. The molecule has 90 valence electrons. The summed E-state index contributed by atoms with van der Waals surface area (Å²) in [5.74, 6) is 0. The molecular formula is C12H27N3. The average Bonchev–Trinajstić information content (AvgIpc) is 2.42. The molecule has 1 aliphatic rings. The van der Waals surface area contributed by atoms with Gasteiger partial charge in [-0.15, -0.1) is 0 Å². The number of nitrogens with two attached hydrogens (primary N) is 1. The van der Waals surface area contributed by atoms with E-state index in [-0.39, 0.29) is 0 Å². The van der Waals surface area contributed by atoms with Gasteiger partial charge in [-0.3, -0.25) is 4.90 Å². The van der Waals surface area contributed by atoms with Crippen molar-refractivity contribution in [2.45, 2.75) is 45.2 Å². The second kappa shape index (κ2) is 6.46. The Balaban J connectivity index is 2.65. The van der Waals surface area contributed by atoms with E-state index in [1.165, 1.54) is 38.9 Å². The standard InChI is InChI=1S/C12H27N3/c1-4-11(9-13)15-8-6-7-14(3)10-12(15)5-2/h11-12H,4-10,13H2,1-3H3. The van der Waals surface area contributed by atoms with E-state index in [2.05, 4.69) is 30.7 Å². The molecule has 0 aromatic carbocycles. The summed E-state index contributed by atoms with van der Waals surface area (Å²) in [4.78, 5) is 5.10. The van der Waals surface area contributed by atoms with Crippen LogP contribution in [0.4, 0.5) is 0 Å². The van der Waals surface area contributed by atoms with Crippen molar-refractivity contribution in [3.8, 4) is 0 Å². The van der Waals surface area contributed by atoms with Crippen molar-refractivity contribution in [3.05, 3.63) is 0 Å². The van der Waals surface area contributed by atoms with Crippen molar-refractivity contribution >= 4 is 0 Å². The normalized spacial score (nSPS) is 27.6. The number of hydrogen-bond donors (Lipinski definition) is 1. The predicted octanol–water partition coefficient (Wildman–Crippen LogP) is 1.14. The lowest BCUT2D eigenvalue weighted by molar-refractivity contribution is 0.128. The Morgan fingerprint density at radius 2 is 2.07 bits per heavy atom. The maximum absolute atomic E-state index is 5.86. The van der Waals surface area contributed by atoms with Crippen molar-refractivity contribution in [1.29, 1.82) is 0 Å². The molecule has 0 bridgehead atoms. The van der Waals surface area contributed by atoms with Gasteiger partial charge in [0.15, 0.2) is 0 Å². The first kappa shape index (κ1) is 12.9. The second-order valence-corrected chi connectivity index (χ2v) is 4.71. The third kappa shape index (κ3) is 3.44. The molecule has 0 spiro atoms. The maximum Gasteiger partial charge on any atom is 0.0223 e. The van der Waals surface area contributed by atoms with Gasteiger partial charge >= 0.3 is 0 Å². The minimum absolute atomic E-state index is 0.585. The maximum atomic E-state index is 5.86. The minimum Gasteiger partial charge on any atom is -0.329 e. The van der Waals surface area contributed by atoms with Gasteiger partial charge < -0.3 is 10.6 Å². The molecule has 0 aromatic heterocycles. The second-order valence-electron chi connectivity index (χ2n) is 4.71. The molecule has 0 radical (unpaired) electrons. The molecule has 0 aliphatic carbocycles. The Bertz CT molecular complexity index is 168. The van der Waals surface area contributed by atoms with Gasteiger partial charge in [0.1, 0.15) is 0 Å². The first-order chi connectivity index (χ1) is 7.22. The van der Waals surface area contributed by atoms with Crippen LogP contribution in [0.25, 0.3) is 0 Å². The molecule has 15 heavy (non-hydrogen) atoms. The van der Waals surface area contributed by atoms with E-state index in [0.29, 0.717) is 12.1 Å². The van der Waals surface area contributed by atoms with E-state index in [4.69, 9.17) is 5.73 Å². The molecule has 1 heterocycles. The summed E-state index contributed by atoms with van der Waals surface area (Å²) in [6, 6.07) is 1.28. The SMILES string of the molecule is CCC(CN)N1CCCN(C)CC1CC. The molecule has 3 heteroatoms. The van der Waals surface area contributed by atoms with Crippen LogP contribution >= 0.6 is 0 Å². The Morgan fingerprint density at radius 3 is 2.60 bits per heavy atom. The minimum atomic E-state index is 0.585. The zero-order chi connectivity index (χ0) is 11.3. The molecule has 1 aliphatic heterocycles. The lowest BCUT2D eigenvalue weighted by atomic mass is 10.1. The lowest BCUT2D eigenvalue weighted by Gasteiger charge is -2.36. The largest absolute Gasteiger partial charge is 0.329 e. The zero-order valence-electron chi connectivity index (χ0n) is 10.6. The van der Waals surface area contributed by atoms with Crippen molar-refractivity contribution in [2.24, 2.45) is 5.73 Å². The fraction of sp³-hybridized carbons (Fsp3) is 1.00. The highest BCUT2D eigenvalue weighted by atomic mass is 15.3. The molecule has 0 aromatic rings. The highest BCUT2D eigenvalue weighted by molar-refractivity contribution is 4.83. The van der Waals surface area contributed by atoms with Gasteiger partial charge in [-0.25, -0.2) is 0 Å². The molecule has 1 saturated heterocycles. The predicted molar refractivity (Wildman–Crippen MR) is 66.0 cm³/mol. The van der Waals surface area contributed by atoms with Gasteiger partial charge in [-0.2, -0.15) is 0 Å². The quantitative estimate of drug-likeness (QED) is 0.760. The van der Waals surface area contributed by atoms with Crippen molar-refractivity contribution in [2.75, 3.05) is 33.2 Å². The Labute approximate surface area is 94.6 Å². The van der Waals surface area contributed by atoms with Gasteiger partial charge in [0.05, 0.1) is 0 Å². The molecule has 0 amide bonds. The molecule has 0 saturated carbocycles. The van der Waals surface area contributed by atoms with Gasteiger partial charge in [0, 0.05) is 31.7 Å². The summed E-state index contributed by atoms with van der Waals surface area (Å²) >= 11 is 0. The van der Waals surface area contributed by atoms with Crippen LogP contribution in [0.15, 0.2) is 0 Å². The highest BCUT2D eigenvalue weighted by Crippen LogP contribution is 2.16. The van der Waals surface area contributed by atoms with Crippen molar-refractivity contribution in [3.63, 3.8) is 0 Å². The van der Waals surface area contributed by atoms with Crippen molar-refractivity contribution in [1.82, 2.24) is 9.80 Å². The van der Waals surface area contributed by atoms with Crippen LogP contribution in [0.1, 0.15) is 33.1 Å². The van der Waals surface area contributed by atoms with E-state index >= 15 is 0 Å². The summed E-state index contributed by atoms with van der Waals surface area (Å²) in [5, 5.41) is 0. The van der Waals surface area contributed by atoms with Gasteiger partial charge in [-0.1, -0.05) is 13.8 Å². The third-order valence-electron chi connectivity index (χ3n) is 3.63. The van der Waals surface area contributed by atoms with E-state index in [9.17, 15) is 0 Å². The molecular weight excluding hydrogens is 186 g/mol. The van der Waals surface area contributed by atoms with Crippen LogP contribution in [0.3, 0.4) is 0 Å². The van der Waals surface area contributed by atoms with Crippen LogP contribution in [-0.4, -0.2) is 55.1 Å². The molecule has 2 atom stereocenters. The van der Waals surface area contributed by atoms with Crippen LogP contribution in [0, 0.1) is 0 Å². The Kier molecular flexibility index (Phi) is 5.58. The number of likely N-dealkylation sites (N-methyl/N-ethyl adjacent to an activating group) is 1. The number of nitrogens with zero attached hydrogens (tertiary/aromatic N) is 2. The van der Waals surface area contributed by atoms with E-state index < -0.39 is 0 Å². The smallest absolute Gasteiger partial charge is 0.0223 e. The van der Waals surface area contributed by atoms with Gasteiger partial charge in [0.2, 0.25) is 0 Å². The fourth-order valence-electron chi connectivity index (χ4n) is 2.64. The topological polar surface area (TPSA) is 32.5 Å². The monoisotopic (exact) mass is 213 g/mol. The highest BCUT2D eigenvalue weighted by Gasteiger charge is 2.26. The summed E-state index contributed by atoms with van der Waals surface area (Å²) in [6.07, 6.45) is 3.70. The van der Waals surface area contributed by atoms with E-state index in [0.717, 1.165) is 6.54 Å². The first-order valence-corrected chi connectivity index (χ1v) is 6.37.